The van der Waals surface area contributed by atoms with E-state index in [0.29, 0.717) is 63.4 Å². The lowest BCUT2D eigenvalue weighted by Crippen LogP contribution is -2.62. The fraction of sp³-hybridized carbons (Fsp3) is 0.898. The molecule has 0 aromatic carbocycles. The summed E-state index contributed by atoms with van der Waals surface area (Å²) >= 11 is 0. The highest BCUT2D eigenvalue weighted by Gasteiger charge is 2.74. The third kappa shape index (κ3) is 10.6. The third-order valence-electron chi connectivity index (χ3n) is 20.7. The summed E-state index contributed by atoms with van der Waals surface area (Å²) in [5.41, 5.74) is 2.10. The number of hydrogen-bond donors (Lipinski definition) is 2. The molecule has 0 radical (unpaired) electrons. The smallest absolute Gasteiger partial charge is 0.308 e. The Bertz CT molecular complexity index is 2210. The molecule has 18 nitrogen and oxygen atoms in total. The molecule has 18 heteroatoms. The largest absolute Gasteiger partial charge is 0.481 e. The number of carbonyl (C=O) groups excluding carboxylic acids is 1. The summed E-state index contributed by atoms with van der Waals surface area (Å²) in [5.74, 6) is -3.26. The summed E-state index contributed by atoms with van der Waals surface area (Å²) < 4.78 is 94.3. The Labute approximate surface area is 453 Å². The average Bonchev–Trinajstić information content (AvgIpc) is 4.09. The second-order valence-electron chi connectivity index (χ2n) is 26.1. The first-order valence-corrected chi connectivity index (χ1v) is 30.1. The minimum Gasteiger partial charge on any atom is -0.481 e. The minimum absolute atomic E-state index is 0.0199. The summed E-state index contributed by atoms with van der Waals surface area (Å²) in [4.78, 5) is 25.8. The zero-order valence-corrected chi connectivity index (χ0v) is 45.8. The molecular formula is C59H86O18. The fourth-order valence-electron chi connectivity index (χ4n) is 16.8. The second-order valence-corrected chi connectivity index (χ2v) is 26.1. The summed E-state index contributed by atoms with van der Waals surface area (Å²) in [6.45, 7) is 18.0. The van der Waals surface area contributed by atoms with Gasteiger partial charge in [0.1, 0.15) is 36.6 Å². The van der Waals surface area contributed by atoms with Crippen molar-refractivity contribution in [3.63, 3.8) is 0 Å². The lowest BCUT2D eigenvalue weighted by molar-refractivity contribution is -0.356. The molecule has 13 aliphatic heterocycles. The second kappa shape index (κ2) is 21.2. The number of ether oxygens (including phenoxy) is 14. The van der Waals surface area contributed by atoms with Crippen LogP contribution in [0.4, 0.5) is 0 Å². The summed E-state index contributed by atoms with van der Waals surface area (Å²) in [5, 5.41) is 21.3. The summed E-state index contributed by atoms with van der Waals surface area (Å²) in [6.07, 6.45) is 6.20. The molecule has 430 valence electrons. The van der Waals surface area contributed by atoms with Crippen molar-refractivity contribution in [3.8, 4) is 0 Å². The summed E-state index contributed by atoms with van der Waals surface area (Å²) in [7, 11) is 0. The van der Waals surface area contributed by atoms with Gasteiger partial charge in [-0.1, -0.05) is 33.9 Å². The molecule has 0 amide bonds. The van der Waals surface area contributed by atoms with E-state index in [4.69, 9.17) is 66.3 Å². The van der Waals surface area contributed by atoms with Crippen LogP contribution in [-0.2, 0) is 75.9 Å². The SMILES string of the molecule is C=C1C[C@@H]2CC[C@]34CC5(O)OC6[C@@H](O[C@H]7CC[C@H](CC(=O)O[C@@H]8CC(OC9C[C@H](O[C@H]%10CC[C@@]%11(C[C@H](C)[C@@H]%12C[C@H](CC(=O)O)CC[C@@H]%12O%11)O[C@H]%10C)O[C@@H]9CC)CO[C@H]8C[C@H]8O[C@@H](CC[C@@H]1O2)C[C@@H](C)C8=C)O[C@@H]7[C@@H]6O3)C5O4. The zero-order chi connectivity index (χ0) is 53.1. The number of carbonyl (C=O) groups is 2. The normalized spacial score (nSPS) is 53.6. The highest BCUT2D eigenvalue weighted by molar-refractivity contribution is 5.70. The van der Waals surface area contributed by atoms with Crippen LogP contribution in [0, 0.1) is 23.7 Å². The van der Waals surface area contributed by atoms with Crippen molar-refractivity contribution in [2.45, 2.75) is 302 Å². The topological polar surface area (TPSA) is 204 Å². The van der Waals surface area contributed by atoms with Gasteiger partial charge in [-0.05, 0) is 119 Å². The molecule has 1 saturated carbocycles. The Morgan fingerprint density at radius 2 is 1.48 bits per heavy atom. The lowest BCUT2D eigenvalue weighted by atomic mass is 9.69. The standard InChI is InChI=1S/C59H86O18/c1-7-40-48(25-51(70-40)71-42-15-17-57(73-33(42)6)26-31(4)39-20-34(21-49(60)61)8-11-43(39)74-57)67-38-22-47-46(64-27-38)24-45-32(5)29(2)18-35(66-45)9-12-41-30(3)19-37(65-41)14-16-58-28-59(63)56(77-58)55-54(76-59)53(75-58)52-44(72-55)13-10-36(68-52)23-50(62)69-47/h29,31,33-48,51-56,63H,3,5,7-28H2,1-2,4,6H3,(H,60,61)/t29-,31+,33+,34-,35+,36-,37+,38?,39+,40-,41+,42+,43+,44+,45-,46+,47-,48?,51+,52+,53+,54?,55-,56?,57-,58+,59?/m1/s1. The van der Waals surface area contributed by atoms with Gasteiger partial charge in [-0.25, -0.2) is 0 Å². The van der Waals surface area contributed by atoms with E-state index >= 15 is 0 Å². The first-order valence-electron chi connectivity index (χ1n) is 30.1. The van der Waals surface area contributed by atoms with E-state index in [1.807, 2.05) is 0 Å². The Balaban J connectivity index is 0.677. The van der Waals surface area contributed by atoms with Gasteiger partial charge in [0.2, 0.25) is 5.79 Å². The van der Waals surface area contributed by atoms with Crippen molar-refractivity contribution in [2.75, 3.05) is 6.61 Å². The molecule has 27 atom stereocenters. The van der Waals surface area contributed by atoms with Crippen molar-refractivity contribution in [1.82, 2.24) is 0 Å². The molecule has 13 heterocycles. The van der Waals surface area contributed by atoms with Gasteiger partial charge in [-0.2, -0.15) is 0 Å². The first kappa shape index (κ1) is 54.1. The lowest BCUT2D eigenvalue weighted by Gasteiger charge is -2.54. The third-order valence-corrected chi connectivity index (χ3v) is 20.7. The Morgan fingerprint density at radius 1 is 0.688 bits per heavy atom. The van der Waals surface area contributed by atoms with Gasteiger partial charge in [0.25, 0.3) is 0 Å². The molecule has 1 aliphatic carbocycles. The molecular weight excluding hydrogens is 997 g/mol. The van der Waals surface area contributed by atoms with E-state index in [1.54, 1.807) is 0 Å². The van der Waals surface area contributed by atoms with E-state index in [0.717, 1.165) is 81.8 Å². The van der Waals surface area contributed by atoms with Crippen LogP contribution in [0.5, 0.6) is 0 Å². The van der Waals surface area contributed by atoms with Crippen molar-refractivity contribution in [3.05, 3.63) is 24.3 Å². The van der Waals surface area contributed by atoms with Crippen LogP contribution >= 0.6 is 0 Å². The summed E-state index contributed by atoms with van der Waals surface area (Å²) in [6, 6.07) is 0. The van der Waals surface area contributed by atoms with E-state index in [2.05, 4.69) is 40.9 Å². The zero-order valence-electron chi connectivity index (χ0n) is 45.8. The van der Waals surface area contributed by atoms with E-state index in [-0.39, 0.29) is 104 Å². The molecule has 14 aliphatic rings. The number of aliphatic hydroxyl groups is 1. The van der Waals surface area contributed by atoms with Gasteiger partial charge < -0.3 is 76.5 Å². The highest BCUT2D eigenvalue weighted by Crippen LogP contribution is 2.58. The van der Waals surface area contributed by atoms with Crippen molar-refractivity contribution < 1.29 is 86.1 Å². The van der Waals surface area contributed by atoms with Crippen LogP contribution in [0.25, 0.3) is 0 Å². The number of esters is 1. The van der Waals surface area contributed by atoms with Crippen molar-refractivity contribution in [2.24, 2.45) is 23.7 Å². The maximum atomic E-state index is 14.3. The Morgan fingerprint density at radius 3 is 2.31 bits per heavy atom. The van der Waals surface area contributed by atoms with Gasteiger partial charge in [0.15, 0.2) is 17.9 Å². The van der Waals surface area contributed by atoms with Crippen molar-refractivity contribution in [1.29, 1.82) is 0 Å². The molecule has 5 unspecified atom stereocenters. The molecule has 0 aromatic rings. The predicted octanol–water partition coefficient (Wildman–Crippen LogP) is 7.27. The van der Waals surface area contributed by atoms with Crippen LogP contribution in [0.2, 0.25) is 0 Å². The van der Waals surface area contributed by atoms with Crippen molar-refractivity contribution >= 4 is 11.9 Å². The number of fused-ring (bicyclic) bond motifs is 7. The van der Waals surface area contributed by atoms with E-state index in [9.17, 15) is 19.8 Å². The molecule has 0 aromatic heterocycles. The monoisotopic (exact) mass is 1080 g/mol. The van der Waals surface area contributed by atoms with Crippen LogP contribution in [-0.4, -0.2) is 168 Å². The minimum atomic E-state index is -1.54. The first-order chi connectivity index (χ1) is 37.0. The van der Waals surface area contributed by atoms with E-state index < -0.39 is 78.5 Å². The molecule has 2 spiro atoms. The maximum absolute atomic E-state index is 14.3. The Kier molecular flexibility index (Phi) is 14.9. The number of aliphatic carboxylic acids is 1. The maximum Gasteiger partial charge on any atom is 0.308 e. The van der Waals surface area contributed by atoms with Crippen LogP contribution in [0.15, 0.2) is 24.3 Å². The van der Waals surface area contributed by atoms with Gasteiger partial charge in [0.05, 0.1) is 98.8 Å². The number of carboxylic acid groups (broad SMARTS) is 1. The Hall–Kier alpha value is -2.14. The van der Waals surface area contributed by atoms with Crippen LogP contribution in [0.3, 0.4) is 0 Å². The number of rotatable bonds is 7. The number of carboxylic acids is 1. The quantitative estimate of drug-likeness (QED) is 0.190. The van der Waals surface area contributed by atoms with Gasteiger partial charge in [-0.15, -0.1) is 0 Å². The molecule has 2 N–H and O–H groups in total. The molecule has 77 heavy (non-hydrogen) atoms. The predicted molar refractivity (Wildman–Crippen MR) is 271 cm³/mol. The molecule has 12 bridgehead atoms. The van der Waals surface area contributed by atoms with Gasteiger partial charge in [0, 0.05) is 44.9 Å². The van der Waals surface area contributed by atoms with Gasteiger partial charge >= 0.3 is 11.9 Å². The van der Waals surface area contributed by atoms with Crippen LogP contribution in [0.1, 0.15) is 163 Å². The van der Waals surface area contributed by atoms with E-state index in [1.165, 1.54) is 0 Å². The molecule has 13 saturated heterocycles. The highest BCUT2D eigenvalue weighted by atomic mass is 16.8. The molecule has 14 fully saturated rings. The number of hydrogen-bond acceptors (Lipinski definition) is 17. The van der Waals surface area contributed by atoms with Gasteiger partial charge in [-0.3, -0.25) is 9.59 Å². The molecule has 14 rings (SSSR count). The van der Waals surface area contributed by atoms with Crippen LogP contribution < -0.4 is 0 Å². The average molecular weight is 1080 g/mol. The fourth-order valence-corrected chi connectivity index (χ4v) is 16.8.